The third kappa shape index (κ3) is 3.81. The van der Waals surface area contributed by atoms with Crippen LogP contribution in [0.3, 0.4) is 0 Å². The molecule has 0 amide bonds. The summed E-state index contributed by atoms with van der Waals surface area (Å²) >= 11 is 0. The summed E-state index contributed by atoms with van der Waals surface area (Å²) in [6.07, 6.45) is 0.352. The minimum Gasteiger partial charge on any atom is -0.394 e. The maximum Gasteiger partial charge on any atom is 0.253 e. The number of nitrogens with zero attached hydrogens (tertiary/aromatic N) is 1. The molecule has 0 radical (unpaired) electrons. The maximum absolute atomic E-state index is 13.1. The first-order chi connectivity index (χ1) is 8.57. The van der Waals surface area contributed by atoms with Crippen molar-refractivity contribution in [1.29, 1.82) is 0 Å². The molecular weight excluding hydrogens is 256 g/mol. The Bertz CT molecular complexity index is 378. The lowest BCUT2D eigenvalue weighted by Crippen LogP contribution is -2.12. The molecule has 0 fully saturated rings. The van der Waals surface area contributed by atoms with Crippen LogP contribution >= 0.6 is 0 Å². The monoisotopic (exact) mass is 268 g/mol. The van der Waals surface area contributed by atoms with Crippen molar-refractivity contribution in [3.05, 3.63) is 23.5 Å². The highest BCUT2D eigenvalue weighted by atomic mass is 19.2. The first-order valence-electron chi connectivity index (χ1n) is 5.20. The predicted octanol–water partition coefficient (Wildman–Crippen LogP) is 1.45. The van der Waals surface area contributed by atoms with Crippen LogP contribution in [0.2, 0.25) is 0 Å². The molecule has 8 heteroatoms. The van der Waals surface area contributed by atoms with Gasteiger partial charge in [-0.3, -0.25) is 0 Å². The molecule has 0 spiro atoms. The van der Waals surface area contributed by atoms with Gasteiger partial charge in [-0.15, -0.1) is 0 Å². The third-order valence-corrected chi connectivity index (χ3v) is 2.00. The quantitative estimate of drug-likeness (QED) is 0.446. The van der Waals surface area contributed by atoms with Crippen molar-refractivity contribution in [2.24, 2.45) is 0 Å². The zero-order valence-corrected chi connectivity index (χ0v) is 9.35. The molecule has 2 N–H and O–H groups in total. The standard InChI is InChI=1S/C10H12F4N2O2/c11-6-8(7(12)10(14)16-9(6)13)15-2-1-4-18-5-3-17/h17H,1-5H2,(H,15,16). The highest BCUT2D eigenvalue weighted by Gasteiger charge is 2.19. The Morgan fingerprint density at radius 1 is 1.06 bits per heavy atom. The van der Waals surface area contributed by atoms with Crippen LogP contribution in [0.5, 0.6) is 0 Å². The van der Waals surface area contributed by atoms with Gasteiger partial charge in [-0.2, -0.15) is 22.5 Å². The molecule has 0 unspecified atom stereocenters. The van der Waals surface area contributed by atoms with Crippen molar-refractivity contribution in [2.75, 3.05) is 31.7 Å². The molecule has 0 saturated carbocycles. The SMILES string of the molecule is OCCOCCCNc1c(F)c(F)nc(F)c1F. The molecule has 0 aliphatic heterocycles. The van der Waals surface area contributed by atoms with Crippen LogP contribution in [0.25, 0.3) is 0 Å². The van der Waals surface area contributed by atoms with Crippen LogP contribution in [-0.4, -0.2) is 36.5 Å². The van der Waals surface area contributed by atoms with Crippen molar-refractivity contribution in [3.63, 3.8) is 0 Å². The Hall–Kier alpha value is -1.41. The topological polar surface area (TPSA) is 54.4 Å². The number of aliphatic hydroxyl groups excluding tert-OH is 1. The summed E-state index contributed by atoms with van der Waals surface area (Å²) in [6, 6.07) is 0. The van der Waals surface area contributed by atoms with Crippen molar-refractivity contribution in [3.8, 4) is 0 Å². The van der Waals surface area contributed by atoms with Gasteiger partial charge in [0, 0.05) is 13.2 Å². The van der Waals surface area contributed by atoms with Gasteiger partial charge in [0.1, 0.15) is 5.69 Å². The van der Waals surface area contributed by atoms with Gasteiger partial charge < -0.3 is 15.2 Å². The number of anilines is 1. The fraction of sp³-hybridized carbons (Fsp3) is 0.500. The van der Waals surface area contributed by atoms with Gasteiger partial charge in [-0.25, -0.2) is 0 Å². The van der Waals surface area contributed by atoms with E-state index in [-0.39, 0.29) is 26.4 Å². The Morgan fingerprint density at radius 2 is 1.67 bits per heavy atom. The number of hydrogen-bond acceptors (Lipinski definition) is 4. The van der Waals surface area contributed by atoms with Gasteiger partial charge >= 0.3 is 0 Å². The summed E-state index contributed by atoms with van der Waals surface area (Å²) in [4.78, 5) is 2.43. The second-order valence-electron chi connectivity index (χ2n) is 3.31. The smallest absolute Gasteiger partial charge is 0.253 e. The highest BCUT2D eigenvalue weighted by Crippen LogP contribution is 2.21. The minimum absolute atomic E-state index is 0.0577. The van der Waals surface area contributed by atoms with Crippen molar-refractivity contribution < 1.29 is 27.4 Å². The second kappa shape index (κ2) is 7.12. The molecule has 0 aromatic carbocycles. The first-order valence-corrected chi connectivity index (χ1v) is 5.20. The van der Waals surface area contributed by atoms with E-state index in [4.69, 9.17) is 9.84 Å². The van der Waals surface area contributed by atoms with Crippen molar-refractivity contribution in [2.45, 2.75) is 6.42 Å². The number of pyridine rings is 1. The van der Waals surface area contributed by atoms with E-state index in [0.29, 0.717) is 6.42 Å². The molecule has 1 aromatic rings. The summed E-state index contributed by atoms with van der Waals surface area (Å²) in [6.45, 7) is 0.327. The Kier molecular flexibility index (Phi) is 5.79. The van der Waals surface area contributed by atoms with E-state index in [1.165, 1.54) is 0 Å². The Balaban J connectivity index is 2.52. The number of hydrogen-bond donors (Lipinski definition) is 2. The molecule has 0 atom stereocenters. The van der Waals surface area contributed by atoms with Crippen LogP contribution in [0.15, 0.2) is 0 Å². The van der Waals surface area contributed by atoms with Crippen LogP contribution in [0.4, 0.5) is 23.2 Å². The lowest BCUT2D eigenvalue weighted by molar-refractivity contribution is 0.0921. The Labute approximate surface area is 101 Å². The molecule has 102 valence electrons. The molecule has 1 rings (SSSR count). The largest absolute Gasteiger partial charge is 0.394 e. The third-order valence-electron chi connectivity index (χ3n) is 2.00. The molecule has 0 saturated heterocycles. The maximum atomic E-state index is 13.1. The molecule has 0 aliphatic rings. The Morgan fingerprint density at radius 3 is 2.22 bits per heavy atom. The van der Waals surface area contributed by atoms with Crippen LogP contribution in [0, 0.1) is 23.5 Å². The zero-order chi connectivity index (χ0) is 13.5. The van der Waals surface area contributed by atoms with Crippen LogP contribution in [0.1, 0.15) is 6.42 Å². The van der Waals surface area contributed by atoms with Gasteiger partial charge in [0.05, 0.1) is 13.2 Å². The van der Waals surface area contributed by atoms with E-state index in [2.05, 4.69) is 10.3 Å². The fourth-order valence-electron chi connectivity index (χ4n) is 1.20. The van der Waals surface area contributed by atoms with E-state index < -0.39 is 29.2 Å². The number of halogens is 4. The second-order valence-corrected chi connectivity index (χ2v) is 3.31. The van der Waals surface area contributed by atoms with E-state index >= 15 is 0 Å². The molecule has 1 aromatic heterocycles. The fourth-order valence-corrected chi connectivity index (χ4v) is 1.20. The normalized spacial score (nSPS) is 10.7. The summed E-state index contributed by atoms with van der Waals surface area (Å²) < 4.78 is 56.5. The predicted molar refractivity (Wildman–Crippen MR) is 55.1 cm³/mol. The molecule has 0 aliphatic carbocycles. The zero-order valence-electron chi connectivity index (χ0n) is 9.35. The average molecular weight is 268 g/mol. The van der Waals surface area contributed by atoms with E-state index in [9.17, 15) is 17.6 Å². The molecule has 0 bridgehead atoms. The summed E-state index contributed by atoms with van der Waals surface area (Å²) in [7, 11) is 0. The number of nitrogens with one attached hydrogen (secondary N) is 1. The van der Waals surface area contributed by atoms with Gasteiger partial charge in [-0.05, 0) is 6.42 Å². The average Bonchev–Trinajstić information content (AvgIpc) is 2.35. The van der Waals surface area contributed by atoms with Gasteiger partial charge in [0.25, 0.3) is 11.9 Å². The van der Waals surface area contributed by atoms with E-state index in [1.54, 1.807) is 0 Å². The first kappa shape index (κ1) is 14.7. The summed E-state index contributed by atoms with van der Waals surface area (Å²) in [5.41, 5.74) is -0.887. The number of aliphatic hydroxyl groups is 1. The summed E-state index contributed by atoms with van der Waals surface area (Å²) in [5.74, 6) is -6.53. The van der Waals surface area contributed by atoms with Crippen molar-refractivity contribution in [1.82, 2.24) is 4.98 Å². The molecular formula is C10H12F4N2O2. The molecule has 4 nitrogen and oxygen atoms in total. The lowest BCUT2D eigenvalue weighted by Gasteiger charge is -2.09. The highest BCUT2D eigenvalue weighted by molar-refractivity contribution is 5.45. The molecule has 1 heterocycles. The number of ether oxygens (including phenoxy) is 1. The number of aromatic nitrogens is 1. The van der Waals surface area contributed by atoms with Crippen LogP contribution in [-0.2, 0) is 4.74 Å². The minimum atomic E-state index is -1.70. The summed E-state index contributed by atoms with van der Waals surface area (Å²) in [5, 5.41) is 10.6. The van der Waals surface area contributed by atoms with E-state index in [0.717, 1.165) is 0 Å². The van der Waals surface area contributed by atoms with Crippen LogP contribution < -0.4 is 5.32 Å². The van der Waals surface area contributed by atoms with Crippen molar-refractivity contribution >= 4 is 5.69 Å². The van der Waals surface area contributed by atoms with Gasteiger partial charge in [0.2, 0.25) is 11.6 Å². The lowest BCUT2D eigenvalue weighted by atomic mass is 10.3. The molecule has 18 heavy (non-hydrogen) atoms. The van der Waals surface area contributed by atoms with Gasteiger partial charge in [-0.1, -0.05) is 0 Å². The van der Waals surface area contributed by atoms with Gasteiger partial charge in [0.15, 0.2) is 0 Å². The van der Waals surface area contributed by atoms with E-state index in [1.807, 2.05) is 0 Å². The number of rotatable bonds is 7.